The minimum absolute atomic E-state index is 0.0121. The van der Waals surface area contributed by atoms with E-state index in [0.29, 0.717) is 6.07 Å². The molecule has 0 aliphatic heterocycles. The predicted octanol–water partition coefficient (Wildman–Crippen LogP) is 0.270. The standard InChI is InChI=1S/C14H8O8S2/c15-12-7-3-1-2-4-8(7)13(16)11-9(12)5-6-10(23(17,18)19)14(11)24(20,21)22/h1-6H,(H,17,18,19)(H,20,21,22)/p-2. The van der Waals surface area contributed by atoms with E-state index < -0.39 is 52.7 Å². The third kappa shape index (κ3) is 2.36. The minimum atomic E-state index is -5.52. The molecule has 0 bridgehead atoms. The van der Waals surface area contributed by atoms with E-state index in [1.165, 1.54) is 24.3 Å². The number of benzene rings is 2. The number of ketones is 2. The van der Waals surface area contributed by atoms with Gasteiger partial charge in [-0.1, -0.05) is 24.3 Å². The molecule has 0 atom stereocenters. The summed E-state index contributed by atoms with van der Waals surface area (Å²) in [6.07, 6.45) is 0. The molecule has 0 aromatic heterocycles. The topological polar surface area (TPSA) is 149 Å². The molecule has 0 fully saturated rings. The van der Waals surface area contributed by atoms with Gasteiger partial charge in [0.15, 0.2) is 11.6 Å². The predicted molar refractivity (Wildman–Crippen MR) is 75.7 cm³/mol. The van der Waals surface area contributed by atoms with Crippen LogP contribution in [0.5, 0.6) is 0 Å². The van der Waals surface area contributed by atoms with Gasteiger partial charge in [-0.15, -0.1) is 0 Å². The number of carbonyl (C=O) groups is 2. The normalized spacial score (nSPS) is 14.2. The van der Waals surface area contributed by atoms with Crippen molar-refractivity contribution in [3.63, 3.8) is 0 Å². The van der Waals surface area contributed by atoms with Gasteiger partial charge in [0.1, 0.15) is 20.2 Å². The van der Waals surface area contributed by atoms with Gasteiger partial charge in [-0.25, -0.2) is 16.8 Å². The van der Waals surface area contributed by atoms with E-state index in [1.807, 2.05) is 0 Å². The fraction of sp³-hybridized carbons (Fsp3) is 0. The molecule has 0 unspecified atom stereocenters. The monoisotopic (exact) mass is 366 g/mol. The van der Waals surface area contributed by atoms with Crippen LogP contribution in [0.3, 0.4) is 0 Å². The first kappa shape index (κ1) is 16.5. The van der Waals surface area contributed by atoms with E-state index in [2.05, 4.69) is 0 Å². The van der Waals surface area contributed by atoms with Gasteiger partial charge in [0.25, 0.3) is 0 Å². The Labute approximate surface area is 136 Å². The second-order valence-corrected chi connectivity index (χ2v) is 7.59. The van der Waals surface area contributed by atoms with Crippen molar-refractivity contribution in [3.8, 4) is 0 Å². The number of fused-ring (bicyclic) bond motifs is 2. The van der Waals surface area contributed by atoms with Crippen molar-refractivity contribution in [2.45, 2.75) is 9.79 Å². The molecular formula is C14H6O8S2-2. The zero-order valence-corrected chi connectivity index (χ0v) is 13.2. The maximum atomic E-state index is 12.5. The van der Waals surface area contributed by atoms with E-state index in [0.717, 1.165) is 6.07 Å². The lowest BCUT2D eigenvalue weighted by molar-refractivity contribution is 0.0976. The zero-order chi connectivity index (χ0) is 17.9. The quantitative estimate of drug-likeness (QED) is 0.587. The largest absolute Gasteiger partial charge is 0.744 e. The van der Waals surface area contributed by atoms with Crippen LogP contribution in [-0.2, 0) is 20.2 Å². The van der Waals surface area contributed by atoms with Gasteiger partial charge in [-0.2, -0.15) is 0 Å². The van der Waals surface area contributed by atoms with Crippen LogP contribution in [0.15, 0.2) is 46.2 Å². The van der Waals surface area contributed by atoms with Gasteiger partial charge in [-0.05, 0) is 12.1 Å². The SMILES string of the molecule is O=C1c2ccccc2C(=O)c2c1ccc(S(=O)(=O)[O-])c2S(=O)(=O)[O-]. The van der Waals surface area contributed by atoms with Crippen LogP contribution >= 0.6 is 0 Å². The van der Waals surface area contributed by atoms with Gasteiger partial charge < -0.3 is 9.11 Å². The van der Waals surface area contributed by atoms with Gasteiger partial charge in [0, 0.05) is 16.7 Å². The maximum Gasteiger partial charge on any atom is 0.195 e. The number of hydrogen-bond donors (Lipinski definition) is 0. The van der Waals surface area contributed by atoms with Crippen LogP contribution in [0, 0.1) is 0 Å². The number of rotatable bonds is 2. The highest BCUT2D eigenvalue weighted by Crippen LogP contribution is 2.34. The van der Waals surface area contributed by atoms with Crippen LogP contribution in [0.4, 0.5) is 0 Å². The Bertz CT molecular complexity index is 1130. The highest BCUT2D eigenvalue weighted by molar-refractivity contribution is 7.89. The van der Waals surface area contributed by atoms with Gasteiger partial charge in [0.2, 0.25) is 0 Å². The average molecular weight is 366 g/mol. The van der Waals surface area contributed by atoms with Crippen LogP contribution in [0.25, 0.3) is 0 Å². The van der Waals surface area contributed by atoms with Gasteiger partial charge in [-0.3, -0.25) is 9.59 Å². The summed E-state index contributed by atoms with van der Waals surface area (Å²) in [5.41, 5.74) is -1.52. The second kappa shape index (κ2) is 5.05. The first-order chi connectivity index (χ1) is 11.0. The molecule has 0 N–H and O–H groups in total. The third-order valence-electron chi connectivity index (χ3n) is 3.53. The highest BCUT2D eigenvalue weighted by Gasteiger charge is 2.35. The van der Waals surface area contributed by atoms with E-state index in [-0.39, 0.29) is 11.1 Å². The molecule has 10 heteroatoms. The Balaban J connectivity index is 2.51. The lowest BCUT2D eigenvalue weighted by Gasteiger charge is -2.24. The first-order valence-electron chi connectivity index (χ1n) is 6.30. The molecule has 0 radical (unpaired) electrons. The molecule has 24 heavy (non-hydrogen) atoms. The summed E-state index contributed by atoms with van der Waals surface area (Å²) in [7, 11) is -10.9. The summed E-state index contributed by atoms with van der Waals surface area (Å²) in [5, 5.41) is 0. The van der Waals surface area contributed by atoms with E-state index >= 15 is 0 Å². The van der Waals surface area contributed by atoms with Crippen molar-refractivity contribution in [1.82, 2.24) is 0 Å². The fourth-order valence-electron chi connectivity index (χ4n) is 2.58. The summed E-state index contributed by atoms with van der Waals surface area (Å²) >= 11 is 0. The Morgan fingerprint density at radius 2 is 1.21 bits per heavy atom. The van der Waals surface area contributed by atoms with Crippen molar-refractivity contribution in [2.75, 3.05) is 0 Å². The highest BCUT2D eigenvalue weighted by atomic mass is 32.2. The molecule has 1 aliphatic rings. The second-order valence-electron chi connectivity index (χ2n) is 4.93. The summed E-state index contributed by atoms with van der Waals surface area (Å²) in [6, 6.07) is 6.86. The number of hydrogen-bond acceptors (Lipinski definition) is 8. The van der Waals surface area contributed by atoms with Crippen molar-refractivity contribution in [1.29, 1.82) is 0 Å². The molecule has 1 aliphatic carbocycles. The third-order valence-corrected chi connectivity index (χ3v) is 5.46. The van der Waals surface area contributed by atoms with Crippen molar-refractivity contribution >= 4 is 31.8 Å². The first-order valence-corrected chi connectivity index (χ1v) is 9.12. The lowest BCUT2D eigenvalue weighted by Crippen LogP contribution is -2.25. The fourth-order valence-corrected chi connectivity index (χ4v) is 4.53. The van der Waals surface area contributed by atoms with E-state index in [9.17, 15) is 35.5 Å². The lowest BCUT2D eigenvalue weighted by atomic mass is 9.84. The maximum absolute atomic E-state index is 12.5. The molecular weight excluding hydrogens is 360 g/mol. The van der Waals surface area contributed by atoms with Crippen LogP contribution in [0.1, 0.15) is 31.8 Å². The molecule has 2 aromatic rings. The van der Waals surface area contributed by atoms with Crippen LogP contribution < -0.4 is 0 Å². The Hall–Kier alpha value is -2.40. The molecule has 0 saturated heterocycles. The summed E-state index contributed by atoms with van der Waals surface area (Å²) in [5.74, 6) is -1.76. The van der Waals surface area contributed by atoms with E-state index in [1.54, 1.807) is 0 Å². The van der Waals surface area contributed by atoms with Crippen molar-refractivity contribution in [2.24, 2.45) is 0 Å². The molecule has 8 nitrogen and oxygen atoms in total. The smallest absolute Gasteiger partial charge is 0.195 e. The average Bonchev–Trinajstić information content (AvgIpc) is 2.49. The zero-order valence-electron chi connectivity index (χ0n) is 11.5. The van der Waals surface area contributed by atoms with E-state index in [4.69, 9.17) is 0 Å². The van der Waals surface area contributed by atoms with Gasteiger partial charge >= 0.3 is 0 Å². The molecule has 0 saturated carbocycles. The molecule has 3 rings (SSSR count). The van der Waals surface area contributed by atoms with Crippen LogP contribution in [-0.4, -0.2) is 37.5 Å². The Morgan fingerprint density at radius 3 is 1.71 bits per heavy atom. The Kier molecular flexibility index (Phi) is 3.46. The Morgan fingerprint density at radius 1 is 0.667 bits per heavy atom. The molecule has 2 aromatic carbocycles. The summed E-state index contributed by atoms with van der Waals surface area (Å²) < 4.78 is 68.3. The van der Waals surface area contributed by atoms with Gasteiger partial charge in [0.05, 0.1) is 15.4 Å². The van der Waals surface area contributed by atoms with Crippen molar-refractivity contribution < 1.29 is 35.5 Å². The summed E-state index contributed by atoms with van der Waals surface area (Å²) in [6.45, 7) is 0. The molecule has 0 heterocycles. The molecule has 0 spiro atoms. The molecule has 124 valence electrons. The summed E-state index contributed by atoms with van der Waals surface area (Å²) in [4.78, 5) is 22.1. The molecule has 0 amide bonds. The van der Waals surface area contributed by atoms with Crippen molar-refractivity contribution in [3.05, 3.63) is 58.7 Å². The number of carbonyl (C=O) groups excluding carboxylic acids is 2. The minimum Gasteiger partial charge on any atom is -0.744 e. The van der Waals surface area contributed by atoms with Crippen LogP contribution in [0.2, 0.25) is 0 Å².